The second kappa shape index (κ2) is 9.39. The summed E-state index contributed by atoms with van der Waals surface area (Å²) < 4.78 is 13.5. The van der Waals surface area contributed by atoms with E-state index in [0.29, 0.717) is 44.3 Å². The van der Waals surface area contributed by atoms with Crippen LogP contribution in [0.4, 0.5) is 4.39 Å². The van der Waals surface area contributed by atoms with Gasteiger partial charge in [0.05, 0.1) is 6.54 Å². The predicted octanol–water partition coefficient (Wildman–Crippen LogP) is 3.16. The van der Waals surface area contributed by atoms with Crippen LogP contribution in [0.3, 0.4) is 0 Å². The number of rotatable bonds is 6. The van der Waals surface area contributed by atoms with Crippen LogP contribution in [0, 0.1) is 5.82 Å². The Balaban J connectivity index is 1.34. The van der Waals surface area contributed by atoms with Crippen LogP contribution in [0.15, 0.2) is 54.6 Å². The monoisotopic (exact) mass is 409 g/mol. The third kappa shape index (κ3) is 5.25. The van der Waals surface area contributed by atoms with Gasteiger partial charge in [0.2, 0.25) is 5.91 Å². The van der Waals surface area contributed by atoms with Gasteiger partial charge < -0.3 is 9.80 Å². The smallest absolute Gasteiger partial charge is 0.254 e. The summed E-state index contributed by atoms with van der Waals surface area (Å²) in [6.07, 6.45) is 2.96. The molecular weight excluding hydrogens is 381 g/mol. The molecule has 0 aromatic heterocycles. The van der Waals surface area contributed by atoms with Gasteiger partial charge in [0.15, 0.2) is 0 Å². The molecule has 1 aliphatic heterocycles. The van der Waals surface area contributed by atoms with E-state index >= 15 is 0 Å². The van der Waals surface area contributed by atoms with E-state index in [-0.39, 0.29) is 11.8 Å². The van der Waals surface area contributed by atoms with Crippen molar-refractivity contribution in [3.05, 3.63) is 71.5 Å². The molecule has 4 rings (SSSR count). The topological polar surface area (TPSA) is 43.9 Å². The summed E-state index contributed by atoms with van der Waals surface area (Å²) in [4.78, 5) is 31.7. The van der Waals surface area contributed by atoms with E-state index in [1.54, 1.807) is 17.0 Å². The van der Waals surface area contributed by atoms with E-state index in [2.05, 4.69) is 17.0 Å². The summed E-state index contributed by atoms with van der Waals surface area (Å²) in [7, 11) is 0. The Bertz CT molecular complexity index is 885. The number of halogens is 1. The molecule has 0 spiro atoms. The molecule has 1 saturated heterocycles. The Kier molecular flexibility index (Phi) is 6.43. The average molecular weight is 410 g/mol. The third-order valence-electron chi connectivity index (χ3n) is 5.81. The SMILES string of the molecule is O=C(c1cccc(F)c1)N1CCCN(CC(=O)N(Cc2ccccc2)C2CC2)CC1. The molecule has 2 amide bonds. The Morgan fingerprint density at radius 3 is 2.50 bits per heavy atom. The lowest BCUT2D eigenvalue weighted by Gasteiger charge is -2.27. The Labute approximate surface area is 177 Å². The zero-order valence-electron chi connectivity index (χ0n) is 17.2. The standard InChI is InChI=1S/C24H28FN3O2/c25-21-9-4-8-20(16-21)24(30)27-13-5-12-26(14-15-27)18-23(29)28(22-10-11-22)17-19-6-2-1-3-7-19/h1-4,6-9,16,22H,5,10-15,17-18H2. The maximum atomic E-state index is 13.5. The van der Waals surface area contributed by atoms with Crippen molar-refractivity contribution in [2.45, 2.75) is 31.8 Å². The van der Waals surface area contributed by atoms with E-state index in [9.17, 15) is 14.0 Å². The van der Waals surface area contributed by atoms with Crippen molar-refractivity contribution in [1.82, 2.24) is 14.7 Å². The van der Waals surface area contributed by atoms with E-state index < -0.39 is 5.82 Å². The van der Waals surface area contributed by atoms with E-state index in [1.807, 2.05) is 23.1 Å². The average Bonchev–Trinajstić information content (AvgIpc) is 3.60. The summed E-state index contributed by atoms with van der Waals surface area (Å²) in [6.45, 7) is 3.63. The Morgan fingerprint density at radius 2 is 1.77 bits per heavy atom. The number of hydrogen-bond acceptors (Lipinski definition) is 3. The number of carbonyl (C=O) groups is 2. The van der Waals surface area contributed by atoms with Gasteiger partial charge in [0, 0.05) is 44.3 Å². The van der Waals surface area contributed by atoms with Crippen molar-refractivity contribution in [3.63, 3.8) is 0 Å². The van der Waals surface area contributed by atoms with Gasteiger partial charge in [-0.3, -0.25) is 14.5 Å². The molecule has 1 saturated carbocycles. The summed E-state index contributed by atoms with van der Waals surface area (Å²) >= 11 is 0. The number of nitrogens with zero attached hydrogens (tertiary/aromatic N) is 3. The van der Waals surface area contributed by atoms with E-state index in [4.69, 9.17) is 0 Å². The van der Waals surface area contributed by atoms with Crippen LogP contribution in [-0.4, -0.2) is 65.3 Å². The summed E-state index contributed by atoms with van der Waals surface area (Å²) in [6, 6.07) is 16.3. The molecule has 5 nitrogen and oxygen atoms in total. The van der Waals surface area contributed by atoms with Gasteiger partial charge in [-0.2, -0.15) is 0 Å². The molecule has 6 heteroatoms. The summed E-state index contributed by atoms with van der Waals surface area (Å²) in [5.41, 5.74) is 1.53. The molecule has 2 fully saturated rings. The first-order valence-corrected chi connectivity index (χ1v) is 10.7. The highest BCUT2D eigenvalue weighted by atomic mass is 19.1. The highest BCUT2D eigenvalue weighted by Crippen LogP contribution is 2.28. The fraction of sp³-hybridized carbons (Fsp3) is 0.417. The van der Waals surface area contributed by atoms with Crippen LogP contribution in [-0.2, 0) is 11.3 Å². The second-order valence-corrected chi connectivity index (χ2v) is 8.17. The maximum Gasteiger partial charge on any atom is 0.254 e. The fourth-order valence-corrected chi connectivity index (χ4v) is 4.01. The molecule has 1 heterocycles. The lowest BCUT2D eigenvalue weighted by molar-refractivity contribution is -0.133. The largest absolute Gasteiger partial charge is 0.337 e. The van der Waals surface area contributed by atoms with Gasteiger partial charge in [-0.25, -0.2) is 4.39 Å². The molecule has 30 heavy (non-hydrogen) atoms. The predicted molar refractivity (Wildman–Crippen MR) is 113 cm³/mol. The zero-order valence-corrected chi connectivity index (χ0v) is 17.2. The van der Waals surface area contributed by atoms with Gasteiger partial charge in [-0.15, -0.1) is 0 Å². The van der Waals surface area contributed by atoms with Gasteiger partial charge in [0.1, 0.15) is 5.82 Å². The molecule has 0 N–H and O–H groups in total. The van der Waals surface area contributed by atoms with Crippen LogP contribution in [0.5, 0.6) is 0 Å². The second-order valence-electron chi connectivity index (χ2n) is 8.17. The van der Waals surface area contributed by atoms with Crippen molar-refractivity contribution in [3.8, 4) is 0 Å². The molecule has 0 atom stereocenters. The van der Waals surface area contributed by atoms with Crippen molar-refractivity contribution in [2.75, 3.05) is 32.7 Å². The Hall–Kier alpha value is -2.73. The normalized spacial score (nSPS) is 17.4. The number of hydrogen-bond donors (Lipinski definition) is 0. The number of benzene rings is 2. The van der Waals surface area contributed by atoms with Crippen molar-refractivity contribution in [1.29, 1.82) is 0 Å². The van der Waals surface area contributed by atoms with Gasteiger partial charge in [-0.1, -0.05) is 36.4 Å². The first kappa shape index (κ1) is 20.5. The number of carbonyl (C=O) groups excluding carboxylic acids is 2. The summed E-state index contributed by atoms with van der Waals surface area (Å²) in [5, 5.41) is 0. The van der Waals surface area contributed by atoms with E-state index in [1.165, 1.54) is 12.1 Å². The minimum atomic E-state index is -0.401. The molecule has 2 aromatic rings. The molecule has 0 bridgehead atoms. The van der Waals surface area contributed by atoms with Crippen molar-refractivity contribution >= 4 is 11.8 Å². The number of amides is 2. The highest BCUT2D eigenvalue weighted by molar-refractivity contribution is 5.94. The lowest BCUT2D eigenvalue weighted by Crippen LogP contribution is -2.42. The third-order valence-corrected chi connectivity index (χ3v) is 5.81. The van der Waals surface area contributed by atoms with Gasteiger partial charge in [-0.05, 0) is 43.0 Å². The first-order chi connectivity index (χ1) is 14.6. The van der Waals surface area contributed by atoms with Crippen LogP contribution in [0.2, 0.25) is 0 Å². The zero-order chi connectivity index (χ0) is 20.9. The Morgan fingerprint density at radius 1 is 0.967 bits per heavy atom. The quantitative estimate of drug-likeness (QED) is 0.736. The molecule has 0 radical (unpaired) electrons. The molecule has 0 unspecified atom stereocenters. The molecule has 158 valence electrons. The van der Waals surface area contributed by atoms with Crippen LogP contribution in [0.25, 0.3) is 0 Å². The fourth-order valence-electron chi connectivity index (χ4n) is 4.01. The minimum absolute atomic E-state index is 0.147. The van der Waals surface area contributed by atoms with Crippen LogP contribution in [0.1, 0.15) is 35.2 Å². The van der Waals surface area contributed by atoms with Gasteiger partial charge in [0.25, 0.3) is 5.91 Å². The minimum Gasteiger partial charge on any atom is -0.337 e. The molecule has 2 aliphatic rings. The summed E-state index contributed by atoms with van der Waals surface area (Å²) in [5.74, 6) is -0.390. The first-order valence-electron chi connectivity index (χ1n) is 10.7. The molecular formula is C24H28FN3O2. The maximum absolute atomic E-state index is 13.5. The molecule has 2 aromatic carbocycles. The van der Waals surface area contributed by atoms with Crippen molar-refractivity contribution < 1.29 is 14.0 Å². The molecule has 1 aliphatic carbocycles. The van der Waals surface area contributed by atoms with Crippen LogP contribution >= 0.6 is 0 Å². The highest BCUT2D eigenvalue weighted by Gasteiger charge is 2.33. The van der Waals surface area contributed by atoms with Gasteiger partial charge >= 0.3 is 0 Å². The lowest BCUT2D eigenvalue weighted by atomic mass is 10.2. The van der Waals surface area contributed by atoms with E-state index in [0.717, 1.165) is 31.4 Å². The van der Waals surface area contributed by atoms with Crippen LogP contribution < -0.4 is 0 Å². The van der Waals surface area contributed by atoms with Crippen molar-refractivity contribution in [2.24, 2.45) is 0 Å².